The van der Waals surface area contributed by atoms with Crippen molar-refractivity contribution in [3.05, 3.63) is 192 Å². The summed E-state index contributed by atoms with van der Waals surface area (Å²) in [6, 6.07) is 63.9. The van der Waals surface area contributed by atoms with E-state index in [1.165, 1.54) is 108 Å². The number of fused-ring (bicyclic) bond motifs is 10. The summed E-state index contributed by atoms with van der Waals surface area (Å²) in [6.45, 7) is 9.55. The van der Waals surface area contributed by atoms with Crippen LogP contribution in [-0.2, 0) is 10.8 Å². The van der Waals surface area contributed by atoms with Crippen molar-refractivity contribution in [2.45, 2.75) is 38.5 Å². The van der Waals surface area contributed by atoms with Crippen molar-refractivity contribution < 1.29 is 0 Å². The third-order valence-electron chi connectivity index (χ3n) is 13.0. The van der Waals surface area contributed by atoms with Gasteiger partial charge in [-0.2, -0.15) is 0 Å². The Kier molecular flexibility index (Phi) is 7.10. The van der Waals surface area contributed by atoms with Crippen LogP contribution in [0.15, 0.2) is 170 Å². The molecule has 58 heavy (non-hydrogen) atoms. The molecule has 0 fully saturated rings. The van der Waals surface area contributed by atoms with Crippen LogP contribution < -0.4 is 9.80 Å². The van der Waals surface area contributed by atoms with E-state index in [0.717, 1.165) is 0 Å². The maximum atomic E-state index is 2.49. The summed E-state index contributed by atoms with van der Waals surface area (Å²) in [5, 5.41) is 5.27. The smallest absolute Gasteiger partial charge is 0.0503 e. The lowest BCUT2D eigenvalue weighted by Gasteiger charge is -2.43. The molecule has 0 amide bonds. The Balaban J connectivity index is 1.01. The third-order valence-corrected chi connectivity index (χ3v) is 15.3. The van der Waals surface area contributed by atoms with E-state index in [0.29, 0.717) is 0 Å². The first-order chi connectivity index (χ1) is 28.3. The molecule has 4 heterocycles. The van der Waals surface area contributed by atoms with E-state index < -0.39 is 0 Å². The molecule has 2 nitrogen and oxygen atoms in total. The summed E-state index contributed by atoms with van der Waals surface area (Å²) in [7, 11) is 0. The number of nitrogens with zero attached hydrogens (tertiary/aromatic N) is 2. The quantitative estimate of drug-likeness (QED) is 0.176. The zero-order valence-corrected chi connectivity index (χ0v) is 34.5. The van der Waals surface area contributed by atoms with E-state index >= 15 is 0 Å². The molecule has 2 aromatic heterocycles. The Morgan fingerprint density at radius 2 is 0.707 bits per heavy atom. The summed E-state index contributed by atoms with van der Waals surface area (Å²) < 4.78 is 5.31. The molecule has 0 N–H and O–H groups in total. The number of thiophene rings is 2. The van der Waals surface area contributed by atoms with Crippen molar-refractivity contribution in [3.63, 3.8) is 0 Å². The van der Waals surface area contributed by atoms with Crippen LogP contribution in [0.5, 0.6) is 0 Å². The standard InChI is InChI=1S/C54H40N2S2/c1-53(2)41-15-7-9-17-45(41)55(35-23-27-51-39(31-35)37-13-5-11-19-49(37)57-51)47-25-21-33(29-43(47)53)34-22-26-48-44(30-34)54(3,4)42-16-8-10-18-46(42)56(48)36-24-28-52-40(32-36)38-14-6-12-20-50(38)58-52/h5-32H,1-4H3. The second-order valence-corrected chi connectivity index (χ2v) is 19.1. The molecule has 0 radical (unpaired) electrons. The predicted molar refractivity (Wildman–Crippen MR) is 251 cm³/mol. The number of rotatable bonds is 3. The lowest BCUT2D eigenvalue weighted by molar-refractivity contribution is 0.631. The van der Waals surface area contributed by atoms with Crippen LogP contribution in [0, 0.1) is 0 Å². The summed E-state index contributed by atoms with van der Waals surface area (Å²) in [5.41, 5.74) is 14.8. The molecule has 12 rings (SSSR count). The second-order valence-electron chi connectivity index (χ2n) is 17.0. The van der Waals surface area contributed by atoms with Gasteiger partial charge in [-0.15, -0.1) is 22.7 Å². The van der Waals surface area contributed by atoms with Crippen molar-refractivity contribution in [2.24, 2.45) is 0 Å². The summed E-state index contributed by atoms with van der Waals surface area (Å²) in [5.74, 6) is 0. The number of anilines is 6. The van der Waals surface area contributed by atoms with Crippen molar-refractivity contribution in [2.75, 3.05) is 9.80 Å². The lowest BCUT2D eigenvalue weighted by Crippen LogP contribution is -2.31. The number of benzene rings is 8. The molecule has 0 saturated heterocycles. The van der Waals surface area contributed by atoms with Gasteiger partial charge in [0.05, 0.1) is 22.7 Å². The summed E-state index contributed by atoms with van der Waals surface area (Å²) >= 11 is 3.74. The van der Waals surface area contributed by atoms with Gasteiger partial charge in [-0.1, -0.05) is 113 Å². The maximum absolute atomic E-state index is 2.49. The van der Waals surface area contributed by atoms with Crippen LogP contribution in [0.3, 0.4) is 0 Å². The van der Waals surface area contributed by atoms with E-state index in [-0.39, 0.29) is 10.8 Å². The molecule has 0 spiro atoms. The first-order valence-corrected chi connectivity index (χ1v) is 21.8. The maximum Gasteiger partial charge on any atom is 0.0503 e. The zero-order chi connectivity index (χ0) is 38.9. The van der Waals surface area contributed by atoms with Gasteiger partial charge < -0.3 is 9.80 Å². The van der Waals surface area contributed by atoms with E-state index in [2.05, 4.69) is 207 Å². The highest BCUT2D eigenvalue weighted by Gasteiger charge is 2.39. The Labute approximate surface area is 346 Å². The van der Waals surface area contributed by atoms with Gasteiger partial charge in [0.1, 0.15) is 0 Å². The van der Waals surface area contributed by atoms with Crippen molar-refractivity contribution in [1.29, 1.82) is 0 Å². The fourth-order valence-electron chi connectivity index (χ4n) is 10.0. The molecular formula is C54H40N2S2. The zero-order valence-electron chi connectivity index (χ0n) is 32.9. The predicted octanol–water partition coefficient (Wildman–Crippen LogP) is 16.3. The first kappa shape index (κ1) is 33.9. The molecule has 4 heteroatoms. The molecular weight excluding hydrogens is 741 g/mol. The largest absolute Gasteiger partial charge is 0.310 e. The molecule has 0 unspecified atom stereocenters. The van der Waals surface area contributed by atoms with E-state index in [1.54, 1.807) is 0 Å². The van der Waals surface area contributed by atoms with Crippen LogP contribution in [0.1, 0.15) is 49.9 Å². The van der Waals surface area contributed by atoms with Gasteiger partial charge in [-0.3, -0.25) is 0 Å². The Morgan fingerprint density at radius 1 is 0.328 bits per heavy atom. The van der Waals surface area contributed by atoms with Crippen LogP contribution >= 0.6 is 22.7 Å². The molecule has 10 aromatic rings. The number of hydrogen-bond acceptors (Lipinski definition) is 4. The normalized spacial score (nSPS) is 15.1. The van der Waals surface area contributed by atoms with Gasteiger partial charge in [-0.05, 0) is 118 Å². The SMILES string of the molecule is CC1(C)c2ccccc2N(c2ccc3sc4ccccc4c3c2)c2ccc(-c3ccc4c(c3)C(C)(C)c3ccccc3N4c3ccc4sc5ccccc5c4c3)cc21. The highest BCUT2D eigenvalue weighted by molar-refractivity contribution is 7.26. The minimum atomic E-state index is -0.203. The van der Waals surface area contributed by atoms with Gasteiger partial charge in [0.25, 0.3) is 0 Å². The lowest BCUT2D eigenvalue weighted by atomic mass is 9.71. The minimum absolute atomic E-state index is 0.203. The molecule has 278 valence electrons. The van der Waals surface area contributed by atoms with E-state index in [4.69, 9.17) is 0 Å². The van der Waals surface area contributed by atoms with Crippen LogP contribution in [0.4, 0.5) is 34.1 Å². The topological polar surface area (TPSA) is 6.48 Å². The van der Waals surface area contributed by atoms with Crippen LogP contribution in [-0.4, -0.2) is 0 Å². The van der Waals surface area contributed by atoms with Gasteiger partial charge in [0, 0.05) is 62.5 Å². The highest BCUT2D eigenvalue weighted by atomic mass is 32.1. The van der Waals surface area contributed by atoms with Gasteiger partial charge >= 0.3 is 0 Å². The molecule has 2 aliphatic rings. The molecule has 0 atom stereocenters. The first-order valence-electron chi connectivity index (χ1n) is 20.2. The second kappa shape index (κ2) is 12.2. The monoisotopic (exact) mass is 780 g/mol. The van der Waals surface area contributed by atoms with Gasteiger partial charge in [-0.25, -0.2) is 0 Å². The summed E-state index contributed by atoms with van der Waals surface area (Å²) in [6.07, 6.45) is 0. The van der Waals surface area contributed by atoms with Crippen LogP contribution in [0.2, 0.25) is 0 Å². The summed E-state index contributed by atoms with van der Waals surface area (Å²) in [4.78, 5) is 4.98. The van der Waals surface area contributed by atoms with Gasteiger partial charge in [0.2, 0.25) is 0 Å². The average molecular weight is 781 g/mol. The van der Waals surface area contributed by atoms with Crippen molar-refractivity contribution in [3.8, 4) is 11.1 Å². The molecule has 0 aliphatic carbocycles. The Morgan fingerprint density at radius 3 is 1.17 bits per heavy atom. The van der Waals surface area contributed by atoms with E-state index in [9.17, 15) is 0 Å². The Bertz CT molecular complexity index is 3100. The number of para-hydroxylation sites is 2. The molecule has 2 aliphatic heterocycles. The fourth-order valence-corrected chi connectivity index (χ4v) is 12.2. The van der Waals surface area contributed by atoms with Crippen LogP contribution in [0.25, 0.3) is 51.5 Å². The molecule has 0 saturated carbocycles. The Hall–Kier alpha value is -6.20. The minimum Gasteiger partial charge on any atom is -0.310 e. The van der Waals surface area contributed by atoms with Crippen molar-refractivity contribution in [1.82, 2.24) is 0 Å². The molecule has 8 aromatic carbocycles. The fraction of sp³-hybridized carbons (Fsp3) is 0.111. The number of hydrogen-bond donors (Lipinski definition) is 0. The highest BCUT2D eigenvalue weighted by Crippen LogP contribution is 2.56. The average Bonchev–Trinajstić information content (AvgIpc) is 3.82. The molecule has 0 bridgehead atoms. The van der Waals surface area contributed by atoms with Gasteiger partial charge in [0.15, 0.2) is 0 Å². The third kappa shape index (κ3) is 4.76. The van der Waals surface area contributed by atoms with E-state index in [1.807, 2.05) is 22.7 Å². The van der Waals surface area contributed by atoms with Crippen molar-refractivity contribution >= 4 is 97.1 Å².